The lowest BCUT2D eigenvalue weighted by molar-refractivity contribution is -0.297. The maximum absolute atomic E-state index is 13.0. The van der Waals surface area contributed by atoms with Gasteiger partial charge in [0.2, 0.25) is 0 Å². The third-order valence-corrected chi connectivity index (χ3v) is 3.81. The molecule has 2 aromatic rings. The molecule has 6 nitrogen and oxygen atoms in total. The minimum atomic E-state index is -5.05. The summed E-state index contributed by atoms with van der Waals surface area (Å²) in [5.41, 5.74) is -2.38. The van der Waals surface area contributed by atoms with Crippen molar-refractivity contribution in [1.29, 1.82) is 0 Å². The second-order valence-electron chi connectivity index (χ2n) is 5.80. The molecule has 0 aliphatic carbocycles. The van der Waals surface area contributed by atoms with Crippen molar-refractivity contribution in [3.05, 3.63) is 53.5 Å². The van der Waals surface area contributed by atoms with Gasteiger partial charge in [-0.15, -0.1) is 0 Å². The van der Waals surface area contributed by atoms with Gasteiger partial charge in [0, 0.05) is 12.6 Å². The van der Waals surface area contributed by atoms with Gasteiger partial charge in [0.15, 0.2) is 5.76 Å². The zero-order valence-corrected chi connectivity index (χ0v) is 13.7. The number of halogens is 3. The minimum absolute atomic E-state index is 0.0104. The molecule has 2 heterocycles. The number of rotatable bonds is 4. The topological polar surface area (TPSA) is 75.3 Å². The van der Waals surface area contributed by atoms with E-state index in [0.29, 0.717) is 5.75 Å². The van der Waals surface area contributed by atoms with Crippen molar-refractivity contribution < 1.29 is 32.2 Å². The van der Waals surface area contributed by atoms with Crippen LogP contribution in [0.25, 0.3) is 0 Å². The third-order valence-electron chi connectivity index (χ3n) is 3.81. The Kier molecular flexibility index (Phi) is 4.49. The van der Waals surface area contributed by atoms with E-state index in [4.69, 9.17) is 9.15 Å². The summed E-state index contributed by atoms with van der Waals surface area (Å²) < 4.78 is 49.9. The van der Waals surface area contributed by atoms with Crippen LogP contribution in [0.5, 0.6) is 5.75 Å². The van der Waals surface area contributed by atoms with E-state index in [2.05, 4.69) is 5.10 Å². The van der Waals surface area contributed by atoms with Gasteiger partial charge in [-0.1, -0.05) is 12.1 Å². The van der Waals surface area contributed by atoms with Gasteiger partial charge >= 0.3 is 12.1 Å². The largest absolute Gasteiger partial charge is 0.486 e. The molecule has 0 radical (unpaired) electrons. The fourth-order valence-corrected chi connectivity index (χ4v) is 2.42. The highest BCUT2D eigenvalue weighted by Gasteiger charge is 2.61. The van der Waals surface area contributed by atoms with Gasteiger partial charge in [0.25, 0.3) is 5.72 Å². The molecule has 1 aromatic heterocycles. The van der Waals surface area contributed by atoms with Gasteiger partial charge in [-0.3, -0.25) is 4.79 Å². The molecular formula is C17H15F3N2O4. The Hall–Kier alpha value is -2.81. The summed E-state index contributed by atoms with van der Waals surface area (Å²) in [5.74, 6) is -0.742. The highest BCUT2D eigenvalue weighted by Crippen LogP contribution is 2.39. The summed E-state index contributed by atoms with van der Waals surface area (Å²) in [6.07, 6.45) is -5.06. The Balaban J connectivity index is 1.71. The highest BCUT2D eigenvalue weighted by molar-refractivity contribution is 5.93. The minimum Gasteiger partial charge on any atom is -0.486 e. The second-order valence-corrected chi connectivity index (χ2v) is 5.80. The number of alkyl halides is 3. The number of aryl methyl sites for hydroxylation is 1. The molecule has 1 aromatic carbocycles. The van der Waals surface area contributed by atoms with E-state index in [1.807, 2.05) is 19.1 Å². The average molecular weight is 368 g/mol. The van der Waals surface area contributed by atoms with Gasteiger partial charge < -0.3 is 14.3 Å². The van der Waals surface area contributed by atoms with Crippen LogP contribution in [0.15, 0.2) is 45.9 Å². The van der Waals surface area contributed by atoms with E-state index in [0.717, 1.165) is 11.8 Å². The lowest BCUT2D eigenvalue weighted by Gasteiger charge is -2.31. The number of furan rings is 1. The molecule has 26 heavy (non-hydrogen) atoms. The van der Waals surface area contributed by atoms with Crippen molar-refractivity contribution >= 4 is 12.1 Å². The summed E-state index contributed by atoms with van der Waals surface area (Å²) in [6, 6.07) is 9.87. The second kappa shape index (κ2) is 6.49. The van der Waals surface area contributed by atoms with Crippen molar-refractivity contribution in [3.8, 4) is 5.75 Å². The average Bonchev–Trinajstić information content (AvgIpc) is 3.19. The first-order valence-electron chi connectivity index (χ1n) is 7.65. The summed E-state index contributed by atoms with van der Waals surface area (Å²) in [7, 11) is 0. The number of ether oxygens (including phenoxy) is 1. The predicted molar refractivity (Wildman–Crippen MR) is 84.5 cm³/mol. The van der Waals surface area contributed by atoms with Crippen LogP contribution in [0, 0.1) is 6.92 Å². The van der Waals surface area contributed by atoms with Crippen LogP contribution in [0.1, 0.15) is 28.3 Å². The molecule has 0 unspecified atom stereocenters. The van der Waals surface area contributed by atoms with E-state index in [9.17, 15) is 23.1 Å². The van der Waals surface area contributed by atoms with Crippen LogP contribution in [0.2, 0.25) is 0 Å². The molecule has 138 valence electrons. The van der Waals surface area contributed by atoms with Crippen LogP contribution < -0.4 is 4.74 Å². The molecule has 1 atom stereocenters. The smallest absolute Gasteiger partial charge is 0.438 e. The first-order chi connectivity index (χ1) is 12.2. The molecular weight excluding hydrogens is 353 g/mol. The van der Waals surface area contributed by atoms with Crippen LogP contribution in [0.3, 0.4) is 0 Å². The zero-order chi connectivity index (χ0) is 18.9. The molecule has 1 aliphatic heterocycles. The molecule has 9 heteroatoms. The van der Waals surface area contributed by atoms with Gasteiger partial charge in [0.1, 0.15) is 18.1 Å². The lowest BCUT2D eigenvalue weighted by atomic mass is 10.1. The summed E-state index contributed by atoms with van der Waals surface area (Å²) >= 11 is 0. The Morgan fingerprint density at radius 3 is 2.85 bits per heavy atom. The van der Waals surface area contributed by atoms with E-state index in [1.54, 1.807) is 12.1 Å². The third kappa shape index (κ3) is 3.30. The Labute approximate surface area is 146 Å². The van der Waals surface area contributed by atoms with Gasteiger partial charge in [0.05, 0.1) is 0 Å². The van der Waals surface area contributed by atoms with Crippen LogP contribution in [0.4, 0.5) is 13.2 Å². The molecule has 0 saturated carbocycles. The number of carbonyl (C=O) groups excluding carboxylic acids is 1. The summed E-state index contributed by atoms with van der Waals surface area (Å²) in [5, 5.41) is 13.1. The van der Waals surface area contributed by atoms with Gasteiger partial charge in [-0.05, 0) is 36.8 Å². The van der Waals surface area contributed by atoms with E-state index >= 15 is 0 Å². The number of nitrogens with zero attached hydrogens (tertiary/aromatic N) is 2. The Morgan fingerprint density at radius 2 is 2.15 bits per heavy atom. The van der Waals surface area contributed by atoms with Crippen molar-refractivity contribution in [2.75, 3.05) is 0 Å². The summed E-state index contributed by atoms with van der Waals surface area (Å²) in [6.45, 7) is 1.89. The molecule has 0 fully saturated rings. The standard InChI is InChI=1S/C17H15F3N2O4/c1-11-3-2-4-12(9-11)25-10-13-5-6-14(26-13)15(23)22-16(24,7-8-21-22)17(18,19)20/h2-6,8-9,24H,7,10H2,1H3/t16-/m1/s1. The maximum Gasteiger partial charge on any atom is 0.438 e. The highest BCUT2D eigenvalue weighted by atomic mass is 19.4. The monoisotopic (exact) mass is 368 g/mol. The summed E-state index contributed by atoms with van der Waals surface area (Å²) in [4.78, 5) is 12.3. The fourth-order valence-electron chi connectivity index (χ4n) is 2.42. The molecule has 1 aliphatic rings. The molecule has 0 bridgehead atoms. The molecule has 1 N–H and O–H groups in total. The maximum atomic E-state index is 13.0. The molecule has 3 rings (SSSR count). The van der Waals surface area contributed by atoms with Crippen LogP contribution in [-0.4, -0.2) is 34.1 Å². The normalized spacial score (nSPS) is 19.8. The van der Waals surface area contributed by atoms with Gasteiger partial charge in [-0.2, -0.15) is 23.3 Å². The fraction of sp³-hybridized carbons (Fsp3) is 0.294. The quantitative estimate of drug-likeness (QED) is 0.899. The van der Waals surface area contributed by atoms with Crippen LogP contribution >= 0.6 is 0 Å². The van der Waals surface area contributed by atoms with Gasteiger partial charge in [-0.25, -0.2) is 0 Å². The SMILES string of the molecule is Cc1cccc(OCc2ccc(C(=O)N3N=CC[C@@]3(O)C(F)(F)F)o2)c1. The molecule has 0 saturated heterocycles. The van der Waals surface area contributed by atoms with E-state index in [-0.39, 0.29) is 23.1 Å². The first-order valence-corrected chi connectivity index (χ1v) is 7.65. The molecule has 1 amide bonds. The molecule has 0 spiro atoms. The Morgan fingerprint density at radius 1 is 1.38 bits per heavy atom. The number of hydrogen-bond donors (Lipinski definition) is 1. The number of hydrogen-bond acceptors (Lipinski definition) is 5. The zero-order valence-electron chi connectivity index (χ0n) is 13.7. The number of carbonyl (C=O) groups is 1. The predicted octanol–water partition coefficient (Wildman–Crippen LogP) is 3.25. The lowest BCUT2D eigenvalue weighted by Crippen LogP contribution is -2.56. The Bertz CT molecular complexity index is 847. The van der Waals surface area contributed by atoms with Crippen molar-refractivity contribution in [3.63, 3.8) is 0 Å². The van der Waals surface area contributed by atoms with Crippen molar-refractivity contribution in [2.45, 2.75) is 31.9 Å². The number of benzene rings is 1. The number of hydrazone groups is 1. The van der Waals surface area contributed by atoms with Crippen molar-refractivity contribution in [2.24, 2.45) is 5.10 Å². The van der Waals surface area contributed by atoms with E-state index < -0.39 is 24.2 Å². The van der Waals surface area contributed by atoms with Crippen LogP contribution in [-0.2, 0) is 6.61 Å². The number of aliphatic hydroxyl groups is 1. The van der Waals surface area contributed by atoms with Crippen molar-refractivity contribution in [1.82, 2.24) is 5.01 Å². The first kappa shape index (κ1) is 18.0. The number of amides is 1. The van der Waals surface area contributed by atoms with E-state index in [1.165, 1.54) is 12.1 Å².